The van der Waals surface area contributed by atoms with Crippen molar-refractivity contribution in [1.29, 1.82) is 0 Å². The predicted molar refractivity (Wildman–Crippen MR) is 388 cm³/mol. The van der Waals surface area contributed by atoms with Crippen molar-refractivity contribution in [3.05, 3.63) is 71.3 Å². The average Bonchev–Trinajstić information content (AvgIpc) is 1.46. The zero-order valence-electron chi connectivity index (χ0n) is 63.1. The summed E-state index contributed by atoms with van der Waals surface area (Å²) in [5.74, 6) is 3.16. The molecule has 104 heavy (non-hydrogen) atoms. The van der Waals surface area contributed by atoms with Gasteiger partial charge in [-0.05, 0) is 240 Å². The van der Waals surface area contributed by atoms with Crippen LogP contribution in [-0.2, 0) is 18.9 Å². The van der Waals surface area contributed by atoms with Crippen LogP contribution in [0.15, 0.2) is 61.2 Å². The van der Waals surface area contributed by atoms with Crippen molar-refractivity contribution in [3.8, 4) is 17.8 Å². The Balaban J connectivity index is 0.000000158. The average molecular weight is 1470 g/mol. The van der Waals surface area contributed by atoms with Crippen LogP contribution < -0.4 is 14.2 Å². The number of nitro benzene ring substituents is 1. The van der Waals surface area contributed by atoms with E-state index in [9.17, 15) is 45.2 Å². The lowest BCUT2D eigenvalue weighted by molar-refractivity contribution is -0.384. The van der Waals surface area contributed by atoms with Crippen LogP contribution in [0, 0.1) is 112 Å². The first kappa shape index (κ1) is 77.3. The van der Waals surface area contributed by atoms with Gasteiger partial charge in [0.05, 0.1) is 72.1 Å². The van der Waals surface area contributed by atoms with E-state index >= 15 is 0 Å². The smallest absolute Gasteiger partial charge is 0.410 e. The maximum absolute atomic E-state index is 13.2. The minimum atomic E-state index is -1.20. The van der Waals surface area contributed by atoms with Crippen LogP contribution in [0.5, 0.6) is 17.8 Å². The molecule has 13 aliphatic rings. The van der Waals surface area contributed by atoms with Crippen molar-refractivity contribution < 1.29 is 73.2 Å². The highest BCUT2D eigenvalue weighted by Gasteiger charge is 2.87. The minimum absolute atomic E-state index is 0. The highest BCUT2D eigenvalue weighted by atomic mass is 35.5. The Morgan fingerprint density at radius 1 is 0.615 bits per heavy atom. The number of morpholine rings is 1. The number of aromatic nitrogens is 4. The first-order valence-corrected chi connectivity index (χ1v) is 39.0. The number of carbonyl (C=O) groups is 2. The molecule has 23 heteroatoms. The molecule has 3 aromatic rings. The number of rotatable bonds is 11. The number of carbonyl (C=O) groups excluding carboxylic acids is 2. The van der Waals surface area contributed by atoms with Gasteiger partial charge in [-0.1, -0.05) is 76.7 Å². The van der Waals surface area contributed by atoms with E-state index in [1.54, 1.807) is 64.6 Å². The second kappa shape index (κ2) is 26.7. The number of amides is 1. The lowest BCUT2D eigenvalue weighted by Gasteiger charge is -2.63. The fraction of sp³-hybridized carbons (Fsp3) is 0.802. The predicted octanol–water partition coefficient (Wildman–Crippen LogP) is 13.8. The highest BCUT2D eigenvalue weighted by Crippen LogP contribution is 2.91. The van der Waals surface area contributed by atoms with E-state index in [2.05, 4.69) is 93.9 Å². The first-order chi connectivity index (χ1) is 48.3. The third-order valence-electron chi connectivity index (χ3n) is 31.9. The molecule has 10 aliphatic carbocycles. The van der Waals surface area contributed by atoms with Crippen LogP contribution in [0.3, 0.4) is 0 Å². The first-order valence-electron chi connectivity index (χ1n) is 38.7. The van der Waals surface area contributed by atoms with Gasteiger partial charge in [0.15, 0.2) is 12.2 Å². The number of nitrogens with zero attached hydrogens (tertiary/aromatic N) is 6. The Hall–Kier alpha value is -4.91. The van der Waals surface area contributed by atoms with Crippen LogP contribution in [0.1, 0.15) is 207 Å². The Morgan fingerprint density at radius 3 is 1.45 bits per heavy atom. The fourth-order valence-corrected chi connectivity index (χ4v) is 27.3. The van der Waals surface area contributed by atoms with Gasteiger partial charge in [0.25, 0.3) is 5.69 Å². The van der Waals surface area contributed by atoms with Crippen molar-refractivity contribution >= 4 is 28.8 Å². The number of nitro groups is 1. The number of fused-ring (bicyclic) bond motifs is 8. The second-order valence-corrected chi connectivity index (χ2v) is 37.9. The van der Waals surface area contributed by atoms with Gasteiger partial charge in [-0.2, -0.15) is 0 Å². The standard InChI is InChI=1S/C39H59N3O7.C34H52N2O5.C7H4ClNO4.CH4/c1-23-21-24(31(35(4,5)45)49-32-40-15-8-16-41-32)47-29-28(23)36(6)13-14-39-22-38(39)12-11-27(48-33(44)42-17-19-46-20-18-42)34(2,3)25(38)9-10-26(39)37(36,7)30(29)43;1-19-17-20(27(30(4,5)39)41-28-35-15-8-16-36-28)40-25-24(19)31(6)13-14-34-18-33(34)12-11-23(37)29(2,3)21(33)9-10-22(34)32(31,7)26(25)38;8-7(10)13-6-3-1-5(2-4-6)9(11)12;/h8,15-16,23-31,43,45H,9-14,17-22H2,1-7H3;8,15-16,19-27,37-39H,9-14,17-18H2,1-7H3;1-4H;1H4/t23-,24-,25+,26+,27+,28+,29+,30+,31+,36-,37-,38-,39+;19-,20-,21+,22+,23+,24+,25+,26+,27+,31-,32-,33-,34+;;/m11../s1. The van der Waals surface area contributed by atoms with Gasteiger partial charge in [-0.3, -0.25) is 10.1 Å². The molecule has 3 aliphatic heterocycles. The molecule has 1 amide bonds. The van der Waals surface area contributed by atoms with E-state index in [1.165, 1.54) is 49.9 Å². The van der Waals surface area contributed by atoms with Gasteiger partial charge < -0.3 is 63.6 Å². The van der Waals surface area contributed by atoms with Gasteiger partial charge in [-0.15, -0.1) is 0 Å². The minimum Gasteiger partial charge on any atom is -0.454 e. The van der Waals surface area contributed by atoms with Crippen molar-refractivity contribution in [2.45, 2.75) is 279 Å². The summed E-state index contributed by atoms with van der Waals surface area (Å²) in [6.07, 6.45) is 19.3. The molecule has 0 radical (unpaired) electrons. The number of ether oxygens (including phenoxy) is 7. The molecule has 4 spiro atoms. The maximum Gasteiger partial charge on any atom is 0.410 e. The second-order valence-electron chi connectivity index (χ2n) is 37.6. The lowest BCUT2D eigenvalue weighted by Crippen LogP contribution is -2.60. The third-order valence-corrected chi connectivity index (χ3v) is 32.0. The zero-order chi connectivity index (χ0) is 74.0. The molecule has 0 unspecified atom stereocenters. The fourth-order valence-electron chi connectivity index (χ4n) is 27.2. The molecule has 0 bridgehead atoms. The van der Waals surface area contributed by atoms with Crippen LogP contribution in [0.4, 0.5) is 15.3 Å². The molecular weight excluding hydrogens is 1350 g/mol. The molecule has 5 heterocycles. The Morgan fingerprint density at radius 2 is 1.03 bits per heavy atom. The normalized spacial score (nSPS) is 44.1. The van der Waals surface area contributed by atoms with E-state index in [1.807, 2.05) is 4.90 Å². The SMILES string of the molecule is C.C[C@@H]1C[C@H]([C@H](Oc2ncccn2)C(C)(C)O)O[C@H]2[C@H]1[C@@]1(C)CC[C@@]34C[C@@]35CC[C@H](O)C(C)(C)[C@@H]5CC[C@H]4[C@]1(C)[C@H]2O.C[C@@H]1C[C@H]([C@H](Oc2ncccn2)C(C)(C)O)O[C@H]2[C@H]1[C@@]1(C)CC[C@@]34C[C@@]35CC[C@H](OC(=O)N3CCOCC3)C(C)(C)[C@@H]5CC[C@H]4[C@]1(C)[C@H]2O.O=C(Cl)Oc1ccc([N+](=O)[O-])cc1. The topological polar surface area (TPSA) is 298 Å². The summed E-state index contributed by atoms with van der Waals surface area (Å²) in [5.41, 5.74) is -3.17. The van der Waals surface area contributed by atoms with Crippen LogP contribution >= 0.6 is 11.6 Å². The lowest BCUT2D eigenvalue weighted by atomic mass is 9.41. The number of aliphatic hydroxyl groups is 5. The van der Waals surface area contributed by atoms with Gasteiger partial charge in [0.1, 0.15) is 11.9 Å². The Labute approximate surface area is 620 Å². The highest BCUT2D eigenvalue weighted by molar-refractivity contribution is 6.61. The number of non-ortho nitro benzene ring substituents is 1. The van der Waals surface area contributed by atoms with E-state index in [-0.39, 0.29) is 134 Å². The molecule has 26 atom stereocenters. The summed E-state index contributed by atoms with van der Waals surface area (Å²) in [5, 5.41) is 68.9. The zero-order valence-corrected chi connectivity index (χ0v) is 63.9. The molecule has 2 aromatic heterocycles. The van der Waals surface area contributed by atoms with Crippen molar-refractivity contribution in [2.24, 2.45) is 101 Å². The van der Waals surface area contributed by atoms with Gasteiger partial charge in [0, 0.05) is 77.9 Å². The number of aliphatic hydroxyl groups excluding tert-OH is 3. The van der Waals surface area contributed by atoms with Crippen LogP contribution in [-0.4, -0.2) is 165 Å². The van der Waals surface area contributed by atoms with Gasteiger partial charge in [0.2, 0.25) is 0 Å². The van der Waals surface area contributed by atoms with E-state index in [4.69, 9.17) is 40.0 Å². The molecule has 5 N–H and O–H groups in total. The molecule has 16 rings (SSSR count). The summed E-state index contributed by atoms with van der Waals surface area (Å²) in [7, 11) is 0. The van der Waals surface area contributed by atoms with Crippen LogP contribution in [0.2, 0.25) is 0 Å². The van der Waals surface area contributed by atoms with Crippen molar-refractivity contribution in [3.63, 3.8) is 0 Å². The van der Waals surface area contributed by atoms with Crippen LogP contribution in [0.25, 0.3) is 0 Å². The summed E-state index contributed by atoms with van der Waals surface area (Å²) in [6.45, 7) is 33.1. The summed E-state index contributed by atoms with van der Waals surface area (Å²) in [6, 6.07) is 8.95. The Bertz CT molecular complexity index is 3640. The summed E-state index contributed by atoms with van der Waals surface area (Å²) < 4.78 is 42.6. The molecule has 3 saturated heterocycles. The number of hydrogen-bond donors (Lipinski definition) is 5. The largest absolute Gasteiger partial charge is 0.454 e. The van der Waals surface area contributed by atoms with E-state index in [0.717, 1.165) is 77.0 Å². The molecule has 1 aromatic carbocycles. The third kappa shape index (κ3) is 11.7. The molecule has 576 valence electrons. The molecule has 22 nitrogen and oxygen atoms in total. The summed E-state index contributed by atoms with van der Waals surface area (Å²) >= 11 is 4.92. The van der Waals surface area contributed by atoms with E-state index < -0.39 is 52.1 Å². The number of benzene rings is 1. The molecular formula is C81H119ClN6O16. The molecule has 13 fully saturated rings. The van der Waals surface area contributed by atoms with E-state index in [0.29, 0.717) is 61.3 Å². The summed E-state index contributed by atoms with van der Waals surface area (Å²) in [4.78, 5) is 51.9. The van der Waals surface area contributed by atoms with Crippen molar-refractivity contribution in [1.82, 2.24) is 24.8 Å². The van der Waals surface area contributed by atoms with Gasteiger partial charge in [-0.25, -0.2) is 29.5 Å². The quantitative estimate of drug-likeness (QED) is 0.0677. The van der Waals surface area contributed by atoms with Crippen molar-refractivity contribution in [2.75, 3.05) is 26.3 Å². The number of hydrogen-bond acceptors (Lipinski definition) is 20. The molecule has 10 saturated carbocycles. The number of halogens is 1. The van der Waals surface area contributed by atoms with Gasteiger partial charge >= 0.3 is 23.5 Å². The maximum atomic E-state index is 13.2. The monoisotopic (exact) mass is 1470 g/mol. The Kier molecular flexibility index (Phi) is 19.8.